The van der Waals surface area contributed by atoms with E-state index in [2.05, 4.69) is 13.8 Å². The first-order valence-electron chi connectivity index (χ1n) is 17.8. The molecule has 1 aromatic heterocycles. The molecule has 1 aliphatic rings. The third kappa shape index (κ3) is 5.97. The second kappa shape index (κ2) is 13.3. The third-order valence-electron chi connectivity index (χ3n) is 10.7. The lowest BCUT2D eigenvalue weighted by atomic mass is 9.72. The van der Waals surface area contributed by atoms with Crippen molar-refractivity contribution in [1.29, 1.82) is 0 Å². The number of anilines is 3. The van der Waals surface area contributed by atoms with Crippen LogP contribution in [0.3, 0.4) is 0 Å². The average Bonchev–Trinajstić information content (AvgIpc) is 3.18. The summed E-state index contributed by atoms with van der Waals surface area (Å²) in [4.78, 5) is 6.72. The summed E-state index contributed by atoms with van der Waals surface area (Å²) in [5.74, 6) is 0. The predicted molar refractivity (Wildman–Crippen MR) is 207 cm³/mol. The molecule has 0 atom stereocenters. The van der Waals surface area contributed by atoms with Crippen LogP contribution in [0.2, 0.25) is 0 Å². The molecule has 0 amide bonds. The number of halogens is 6. The van der Waals surface area contributed by atoms with Crippen LogP contribution in [-0.4, -0.2) is 17.3 Å². The quantitative estimate of drug-likeness (QED) is 0.158. The highest BCUT2D eigenvalue weighted by Gasteiger charge is 2.72. The van der Waals surface area contributed by atoms with Gasteiger partial charge >= 0.3 is 12.4 Å². The third-order valence-corrected chi connectivity index (χ3v) is 10.7. The first kappa shape index (κ1) is 35.9. The van der Waals surface area contributed by atoms with Crippen LogP contribution in [-0.2, 0) is 10.8 Å². The molecule has 0 spiro atoms. The minimum Gasteiger partial charge on any atom is -0.310 e. The van der Waals surface area contributed by atoms with E-state index in [1.807, 2.05) is 114 Å². The zero-order chi connectivity index (χ0) is 38.6. The average molecular weight is 741 g/mol. The summed E-state index contributed by atoms with van der Waals surface area (Å²) in [5.41, 5.74) is 1.36. The Bertz CT molecular complexity index is 2350. The summed E-state index contributed by atoms with van der Waals surface area (Å²) in [7, 11) is 0. The second-order valence-electron chi connectivity index (χ2n) is 14.2. The summed E-state index contributed by atoms with van der Waals surface area (Å²) < 4.78 is 92.1. The molecular weight excluding hydrogens is 707 g/mol. The van der Waals surface area contributed by atoms with E-state index in [-0.39, 0.29) is 5.41 Å². The maximum absolute atomic E-state index is 15.3. The van der Waals surface area contributed by atoms with E-state index in [1.165, 1.54) is 24.3 Å². The van der Waals surface area contributed by atoms with E-state index in [0.29, 0.717) is 28.2 Å². The number of benzene rings is 6. The number of alkyl halides is 6. The summed E-state index contributed by atoms with van der Waals surface area (Å²) >= 11 is 0. The molecule has 0 radical (unpaired) electrons. The lowest BCUT2D eigenvalue weighted by Crippen LogP contribution is -2.54. The largest absolute Gasteiger partial charge is 0.411 e. The normalized spacial score (nSPS) is 13.9. The molecule has 6 aromatic carbocycles. The number of nitrogens with zero attached hydrogens (tertiary/aromatic N) is 2. The van der Waals surface area contributed by atoms with Gasteiger partial charge in [0.15, 0.2) is 0 Å². The van der Waals surface area contributed by atoms with Gasteiger partial charge in [0, 0.05) is 22.2 Å². The van der Waals surface area contributed by atoms with Crippen molar-refractivity contribution >= 4 is 17.1 Å². The number of hydrogen-bond acceptors (Lipinski definition) is 2. The highest BCUT2D eigenvalue weighted by atomic mass is 19.4. The Kier molecular flexibility index (Phi) is 8.67. The van der Waals surface area contributed by atoms with Crippen LogP contribution >= 0.6 is 0 Å². The Morgan fingerprint density at radius 3 is 1.27 bits per heavy atom. The Morgan fingerprint density at radius 1 is 0.436 bits per heavy atom. The molecule has 0 bridgehead atoms. The molecule has 8 heteroatoms. The second-order valence-corrected chi connectivity index (χ2v) is 14.2. The summed E-state index contributed by atoms with van der Waals surface area (Å²) in [5, 5.41) is 0. The first-order chi connectivity index (χ1) is 26.3. The molecule has 0 saturated carbocycles. The van der Waals surface area contributed by atoms with Gasteiger partial charge < -0.3 is 4.90 Å². The number of aromatic nitrogens is 1. The SMILES string of the molecule is CC1(C)c2ccccc2N(c2ccc(C(c3ccc(-c4cc(-c5ccccc5)nc(-c5ccccc5)c4)cc3)(C(F)(F)F)C(F)(F)F)cc2)c2ccccc21. The van der Waals surface area contributed by atoms with Crippen molar-refractivity contribution in [2.45, 2.75) is 37.0 Å². The lowest BCUT2D eigenvalue weighted by molar-refractivity contribution is -0.288. The molecule has 1 aliphatic heterocycles. The minimum atomic E-state index is -5.74. The van der Waals surface area contributed by atoms with Crippen LogP contribution in [0.15, 0.2) is 170 Å². The maximum atomic E-state index is 15.3. The predicted octanol–water partition coefficient (Wildman–Crippen LogP) is 13.6. The summed E-state index contributed by atoms with van der Waals surface area (Å²) in [6, 6.07) is 46.8. The van der Waals surface area contributed by atoms with Gasteiger partial charge in [0.25, 0.3) is 0 Å². The van der Waals surface area contributed by atoms with Crippen LogP contribution in [0.5, 0.6) is 0 Å². The van der Waals surface area contributed by atoms with Gasteiger partial charge in [-0.1, -0.05) is 147 Å². The molecule has 0 aliphatic carbocycles. The number of hydrogen-bond donors (Lipinski definition) is 0. The van der Waals surface area contributed by atoms with Gasteiger partial charge in [-0.2, -0.15) is 26.3 Å². The van der Waals surface area contributed by atoms with Gasteiger partial charge in [-0.25, -0.2) is 4.98 Å². The van der Waals surface area contributed by atoms with E-state index in [4.69, 9.17) is 4.98 Å². The molecule has 8 rings (SSSR count). The van der Waals surface area contributed by atoms with Gasteiger partial charge in [0.1, 0.15) is 0 Å². The van der Waals surface area contributed by atoms with Crippen LogP contribution in [0.1, 0.15) is 36.1 Å². The number of para-hydroxylation sites is 2. The van der Waals surface area contributed by atoms with Crippen LogP contribution in [0.4, 0.5) is 43.4 Å². The fourth-order valence-electron chi connectivity index (χ4n) is 7.91. The van der Waals surface area contributed by atoms with Crippen molar-refractivity contribution in [2.75, 3.05) is 4.90 Å². The molecular formula is C47H34F6N2. The smallest absolute Gasteiger partial charge is 0.310 e. The van der Waals surface area contributed by atoms with E-state index in [9.17, 15) is 0 Å². The minimum absolute atomic E-state index is 0.389. The molecule has 7 aromatic rings. The number of fused-ring (bicyclic) bond motifs is 2. The lowest BCUT2D eigenvalue weighted by Gasteiger charge is -2.42. The van der Waals surface area contributed by atoms with Gasteiger partial charge in [0.2, 0.25) is 5.41 Å². The van der Waals surface area contributed by atoms with E-state index in [1.54, 1.807) is 12.1 Å². The first-order valence-corrected chi connectivity index (χ1v) is 17.8. The zero-order valence-electron chi connectivity index (χ0n) is 29.8. The Hall–Kier alpha value is -6.15. The zero-order valence-corrected chi connectivity index (χ0v) is 29.8. The molecule has 0 unspecified atom stereocenters. The molecule has 0 fully saturated rings. The topological polar surface area (TPSA) is 16.1 Å². The van der Waals surface area contributed by atoms with Crippen molar-refractivity contribution < 1.29 is 26.3 Å². The molecule has 2 nitrogen and oxygen atoms in total. The highest BCUT2D eigenvalue weighted by molar-refractivity contribution is 5.86. The fourth-order valence-corrected chi connectivity index (χ4v) is 7.91. The van der Waals surface area contributed by atoms with Crippen LogP contribution < -0.4 is 4.90 Å². The Balaban J connectivity index is 1.23. The molecule has 55 heavy (non-hydrogen) atoms. The molecule has 2 heterocycles. The van der Waals surface area contributed by atoms with E-state index < -0.39 is 28.9 Å². The number of pyridine rings is 1. The summed E-state index contributed by atoms with van der Waals surface area (Å²) in [6.07, 6.45) is -11.5. The highest BCUT2D eigenvalue weighted by Crippen LogP contribution is 2.57. The van der Waals surface area contributed by atoms with Crippen molar-refractivity contribution in [3.05, 3.63) is 192 Å². The molecule has 0 saturated heterocycles. The van der Waals surface area contributed by atoms with Crippen LogP contribution in [0, 0.1) is 0 Å². The Labute approximate surface area is 315 Å². The Morgan fingerprint density at radius 2 is 0.836 bits per heavy atom. The molecule has 0 N–H and O–H groups in total. The summed E-state index contributed by atoms with van der Waals surface area (Å²) in [6.45, 7) is 4.19. The molecule has 274 valence electrons. The standard InChI is InChI=1S/C47H34F6N2/c1-44(2)38-17-9-11-19-42(38)55(43-20-12-10-18-39(43)44)37-27-25-36(26-28-37)45(46(48,49)50,47(51,52)53)35-23-21-31(22-24-35)34-29-40(32-13-5-3-6-14-32)54-41(30-34)33-15-7-4-8-16-33/h3-30H,1-2H3. The van der Waals surface area contributed by atoms with Gasteiger partial charge in [-0.05, 0) is 69.8 Å². The van der Waals surface area contributed by atoms with Crippen molar-refractivity contribution in [3.63, 3.8) is 0 Å². The van der Waals surface area contributed by atoms with Gasteiger partial charge in [0.05, 0.1) is 22.8 Å². The fraction of sp³-hybridized carbons (Fsp3) is 0.128. The van der Waals surface area contributed by atoms with Gasteiger partial charge in [-0.3, -0.25) is 0 Å². The van der Waals surface area contributed by atoms with E-state index >= 15 is 26.3 Å². The maximum Gasteiger partial charge on any atom is 0.411 e. The number of rotatable bonds is 6. The van der Waals surface area contributed by atoms with Crippen molar-refractivity contribution in [3.8, 4) is 33.6 Å². The monoisotopic (exact) mass is 740 g/mol. The van der Waals surface area contributed by atoms with Gasteiger partial charge in [-0.15, -0.1) is 0 Å². The van der Waals surface area contributed by atoms with Crippen molar-refractivity contribution in [2.24, 2.45) is 0 Å². The van der Waals surface area contributed by atoms with Crippen LogP contribution in [0.25, 0.3) is 33.6 Å². The van der Waals surface area contributed by atoms with E-state index in [0.717, 1.165) is 57.9 Å². The van der Waals surface area contributed by atoms with Crippen molar-refractivity contribution in [1.82, 2.24) is 4.98 Å².